The van der Waals surface area contributed by atoms with E-state index in [2.05, 4.69) is 11.6 Å². The molecule has 1 atom stereocenters. The van der Waals surface area contributed by atoms with Gasteiger partial charge >= 0.3 is 0 Å². The topological polar surface area (TPSA) is 94.2 Å². The number of nitrogens with zero attached hydrogens (tertiary/aromatic N) is 2. The molecule has 0 aliphatic heterocycles. The van der Waals surface area contributed by atoms with Crippen molar-refractivity contribution in [2.75, 3.05) is 0 Å². The largest absolute Gasteiger partial charge is 0.397 e. The number of rotatable bonds is 6. The quantitative estimate of drug-likeness (QED) is 0.287. The van der Waals surface area contributed by atoms with Crippen LogP contribution in [0.3, 0.4) is 0 Å². The molecule has 0 bridgehead atoms. The predicted octanol–water partition coefficient (Wildman–Crippen LogP) is 4.87. The molecule has 0 radical (unpaired) electrons. The van der Waals surface area contributed by atoms with E-state index in [9.17, 15) is 0 Å². The van der Waals surface area contributed by atoms with Gasteiger partial charge in [-0.25, -0.2) is 10.8 Å². The lowest BCUT2D eigenvalue weighted by molar-refractivity contribution is 0.270. The standard InChI is InChI=1S/C19H23N5.2C2H6/c1-3-9-18(15(20)4-2)24(22)19(21)17-13-8-12-16(23-17)14-10-6-5-7-11-14;2*1-2/h3-13,19H,2,20-22H2,1H3;2*1-2H3/b9-3-,18-15-;;. The minimum atomic E-state index is -0.640. The Morgan fingerprint density at radius 1 is 1.04 bits per heavy atom. The number of aromatic nitrogens is 1. The molecule has 2 rings (SSSR count). The van der Waals surface area contributed by atoms with Crippen LogP contribution in [0.2, 0.25) is 0 Å². The first-order chi connectivity index (χ1) is 13.6. The number of nitrogens with two attached hydrogens (primary N) is 3. The van der Waals surface area contributed by atoms with Crippen molar-refractivity contribution in [3.63, 3.8) is 0 Å². The zero-order chi connectivity index (χ0) is 21.5. The summed E-state index contributed by atoms with van der Waals surface area (Å²) >= 11 is 0. The van der Waals surface area contributed by atoms with Crippen LogP contribution in [0.5, 0.6) is 0 Å². The summed E-state index contributed by atoms with van der Waals surface area (Å²) in [5.41, 5.74) is 15.8. The van der Waals surface area contributed by atoms with Crippen LogP contribution in [0.25, 0.3) is 11.3 Å². The maximum Gasteiger partial charge on any atom is 0.135 e. The second kappa shape index (κ2) is 14.2. The Labute approximate surface area is 170 Å². The van der Waals surface area contributed by atoms with Gasteiger partial charge in [-0.2, -0.15) is 0 Å². The Balaban J connectivity index is 0.00000171. The van der Waals surface area contributed by atoms with Gasteiger partial charge in [-0.3, -0.25) is 5.01 Å². The Kier molecular flexibility index (Phi) is 12.7. The molecule has 0 fully saturated rings. The molecule has 0 amide bonds. The van der Waals surface area contributed by atoms with E-state index in [0.29, 0.717) is 17.1 Å². The fraction of sp³-hybridized carbons (Fsp3) is 0.261. The van der Waals surface area contributed by atoms with Gasteiger partial charge in [-0.05, 0) is 31.2 Å². The SMILES string of the molecule is C=C/C(N)=C(\C=C/C)N(N)C(N)c1cccc(-c2ccccc2)n1.CC.CC. The van der Waals surface area contributed by atoms with Crippen LogP contribution in [-0.2, 0) is 0 Å². The van der Waals surface area contributed by atoms with E-state index in [1.54, 1.807) is 6.08 Å². The number of hydrazine groups is 1. The molecule has 0 saturated heterocycles. The smallest absolute Gasteiger partial charge is 0.135 e. The molecular formula is C23H35N5. The van der Waals surface area contributed by atoms with Gasteiger partial charge in [-0.1, -0.05) is 76.7 Å². The lowest BCUT2D eigenvalue weighted by atomic mass is 10.1. The van der Waals surface area contributed by atoms with Crippen molar-refractivity contribution < 1.29 is 0 Å². The van der Waals surface area contributed by atoms with Crippen LogP contribution >= 0.6 is 0 Å². The van der Waals surface area contributed by atoms with Crippen molar-refractivity contribution >= 4 is 0 Å². The molecule has 152 valence electrons. The first-order valence-electron chi connectivity index (χ1n) is 9.65. The van der Waals surface area contributed by atoms with E-state index in [0.717, 1.165) is 11.3 Å². The summed E-state index contributed by atoms with van der Waals surface area (Å²) < 4.78 is 0. The summed E-state index contributed by atoms with van der Waals surface area (Å²) in [6.07, 6.45) is 4.53. The molecule has 5 heteroatoms. The minimum absolute atomic E-state index is 0.449. The monoisotopic (exact) mass is 381 g/mol. The lowest BCUT2D eigenvalue weighted by Gasteiger charge is -2.27. The second-order valence-electron chi connectivity index (χ2n) is 5.21. The van der Waals surface area contributed by atoms with Crippen LogP contribution in [0.1, 0.15) is 46.5 Å². The first kappa shape index (κ1) is 25.1. The first-order valence-corrected chi connectivity index (χ1v) is 9.65. The molecule has 28 heavy (non-hydrogen) atoms. The molecule has 2 aromatic rings. The van der Waals surface area contributed by atoms with Crippen molar-refractivity contribution in [1.82, 2.24) is 9.99 Å². The number of pyridine rings is 1. The Hall–Kier alpha value is -2.89. The zero-order valence-corrected chi connectivity index (χ0v) is 17.8. The maximum atomic E-state index is 6.29. The molecule has 1 heterocycles. The summed E-state index contributed by atoms with van der Waals surface area (Å²) in [5, 5.41) is 1.40. The molecule has 1 aromatic heterocycles. The molecular weight excluding hydrogens is 346 g/mol. The van der Waals surface area contributed by atoms with Gasteiger partial charge in [0.15, 0.2) is 0 Å². The van der Waals surface area contributed by atoms with Crippen LogP contribution in [0.4, 0.5) is 0 Å². The summed E-state index contributed by atoms with van der Waals surface area (Å²) in [5.74, 6) is 6.18. The Morgan fingerprint density at radius 3 is 2.18 bits per heavy atom. The van der Waals surface area contributed by atoms with Crippen LogP contribution in [-0.4, -0.2) is 9.99 Å². The molecule has 1 unspecified atom stereocenters. The highest BCUT2D eigenvalue weighted by molar-refractivity contribution is 5.58. The number of hydrogen-bond donors (Lipinski definition) is 3. The van der Waals surface area contributed by atoms with E-state index in [1.807, 2.05) is 89.2 Å². The van der Waals surface area contributed by atoms with Crippen LogP contribution < -0.4 is 17.3 Å². The maximum absolute atomic E-state index is 6.29. The van der Waals surface area contributed by atoms with E-state index in [4.69, 9.17) is 17.3 Å². The zero-order valence-electron chi connectivity index (χ0n) is 17.8. The summed E-state index contributed by atoms with van der Waals surface area (Å²) in [4.78, 5) is 4.63. The average Bonchev–Trinajstić information content (AvgIpc) is 2.79. The predicted molar refractivity (Wildman–Crippen MR) is 122 cm³/mol. The highest BCUT2D eigenvalue weighted by atomic mass is 15.5. The van der Waals surface area contributed by atoms with Gasteiger partial charge in [0.1, 0.15) is 6.17 Å². The molecule has 1 aromatic carbocycles. The molecule has 5 nitrogen and oxygen atoms in total. The Morgan fingerprint density at radius 2 is 1.64 bits per heavy atom. The van der Waals surface area contributed by atoms with E-state index in [-0.39, 0.29) is 0 Å². The van der Waals surface area contributed by atoms with Crippen LogP contribution in [0.15, 0.2) is 84.7 Å². The van der Waals surface area contributed by atoms with Gasteiger partial charge in [0.25, 0.3) is 0 Å². The van der Waals surface area contributed by atoms with Gasteiger partial charge in [0.2, 0.25) is 0 Å². The van der Waals surface area contributed by atoms with Crippen molar-refractivity contribution in [2.24, 2.45) is 17.3 Å². The number of hydrogen-bond acceptors (Lipinski definition) is 5. The van der Waals surface area contributed by atoms with Gasteiger partial charge in [0.05, 0.1) is 22.8 Å². The van der Waals surface area contributed by atoms with Crippen molar-refractivity contribution in [2.45, 2.75) is 40.8 Å². The minimum Gasteiger partial charge on any atom is -0.397 e. The number of benzene rings is 1. The van der Waals surface area contributed by atoms with Crippen molar-refractivity contribution in [1.29, 1.82) is 0 Å². The molecule has 0 saturated carbocycles. The fourth-order valence-electron chi connectivity index (χ4n) is 2.27. The third-order valence-corrected chi connectivity index (χ3v) is 3.56. The van der Waals surface area contributed by atoms with E-state index < -0.39 is 6.17 Å². The highest BCUT2D eigenvalue weighted by Crippen LogP contribution is 2.21. The lowest BCUT2D eigenvalue weighted by Crippen LogP contribution is -2.40. The Bertz CT molecular complexity index is 751. The number of allylic oxidation sites excluding steroid dienone is 3. The van der Waals surface area contributed by atoms with Crippen LogP contribution in [0, 0.1) is 0 Å². The molecule has 0 aliphatic rings. The fourth-order valence-corrected chi connectivity index (χ4v) is 2.27. The van der Waals surface area contributed by atoms with E-state index in [1.165, 1.54) is 11.1 Å². The van der Waals surface area contributed by atoms with E-state index >= 15 is 0 Å². The average molecular weight is 382 g/mol. The van der Waals surface area contributed by atoms with Gasteiger partial charge < -0.3 is 11.5 Å². The third-order valence-electron chi connectivity index (χ3n) is 3.56. The second-order valence-corrected chi connectivity index (χ2v) is 5.21. The normalized spacial score (nSPS) is 12.0. The summed E-state index contributed by atoms with van der Waals surface area (Å²) in [6, 6.07) is 15.6. The van der Waals surface area contributed by atoms with Gasteiger partial charge in [0, 0.05) is 5.56 Å². The van der Waals surface area contributed by atoms with Crippen molar-refractivity contribution in [3.8, 4) is 11.3 Å². The molecule has 6 N–H and O–H groups in total. The third kappa shape index (κ3) is 7.02. The van der Waals surface area contributed by atoms with Gasteiger partial charge in [-0.15, -0.1) is 0 Å². The summed E-state index contributed by atoms with van der Waals surface area (Å²) in [7, 11) is 0. The molecule has 0 spiro atoms. The molecule has 0 aliphatic carbocycles. The summed E-state index contributed by atoms with van der Waals surface area (Å²) in [6.45, 7) is 13.6. The highest BCUT2D eigenvalue weighted by Gasteiger charge is 2.17. The van der Waals surface area contributed by atoms with Crippen molar-refractivity contribution in [3.05, 3.63) is 90.4 Å².